The zero-order chi connectivity index (χ0) is 20.9. The summed E-state index contributed by atoms with van der Waals surface area (Å²) in [6.07, 6.45) is 2.43. The number of piperidine rings is 1. The van der Waals surface area contributed by atoms with Crippen LogP contribution in [0.15, 0.2) is 42.5 Å². The number of hydrogen-bond acceptors (Lipinski definition) is 5. The van der Waals surface area contributed by atoms with E-state index in [1.165, 1.54) is 18.4 Å². The molecule has 0 spiro atoms. The van der Waals surface area contributed by atoms with E-state index in [9.17, 15) is 4.39 Å². The molecule has 2 aliphatic rings. The van der Waals surface area contributed by atoms with Gasteiger partial charge in [-0.2, -0.15) is 0 Å². The van der Waals surface area contributed by atoms with E-state index in [-0.39, 0.29) is 5.82 Å². The molecule has 0 aliphatic carbocycles. The maximum atomic E-state index is 14.1. The Balaban J connectivity index is 1.35. The topological polar surface area (TPSA) is 28.2 Å². The lowest BCUT2D eigenvalue weighted by atomic mass is 10.0. The smallest absolute Gasteiger partial charge is 0.146 e. The van der Waals surface area contributed by atoms with E-state index >= 15 is 0 Å². The molecule has 162 valence electrons. The second kappa shape index (κ2) is 9.67. The first kappa shape index (κ1) is 20.9. The van der Waals surface area contributed by atoms with Crippen molar-refractivity contribution in [3.05, 3.63) is 53.8 Å². The van der Waals surface area contributed by atoms with Gasteiger partial charge in [0.2, 0.25) is 0 Å². The van der Waals surface area contributed by atoms with E-state index in [4.69, 9.17) is 9.47 Å². The van der Waals surface area contributed by atoms with Crippen LogP contribution in [-0.4, -0.2) is 69.3 Å². The Morgan fingerprint density at radius 2 is 1.77 bits per heavy atom. The Morgan fingerprint density at radius 1 is 0.967 bits per heavy atom. The summed E-state index contributed by atoms with van der Waals surface area (Å²) < 4.78 is 25.1. The summed E-state index contributed by atoms with van der Waals surface area (Å²) in [6, 6.07) is 13.7. The minimum atomic E-state index is -0.123. The number of benzene rings is 2. The Kier molecular flexibility index (Phi) is 6.75. The number of methoxy groups -OCH3 is 2. The number of likely N-dealkylation sites (tertiary alicyclic amines) is 1. The molecule has 2 aliphatic heterocycles. The maximum Gasteiger partial charge on any atom is 0.146 e. The summed E-state index contributed by atoms with van der Waals surface area (Å²) in [4.78, 5) is 7.29. The van der Waals surface area contributed by atoms with Gasteiger partial charge in [0, 0.05) is 50.9 Å². The summed E-state index contributed by atoms with van der Waals surface area (Å²) in [5.74, 6) is 1.65. The number of halogens is 1. The van der Waals surface area contributed by atoms with Gasteiger partial charge < -0.3 is 14.4 Å². The monoisotopic (exact) mass is 413 g/mol. The summed E-state index contributed by atoms with van der Waals surface area (Å²) in [6.45, 7) is 6.74. The van der Waals surface area contributed by atoms with Crippen LogP contribution in [-0.2, 0) is 6.54 Å². The van der Waals surface area contributed by atoms with Gasteiger partial charge in [0.15, 0.2) is 0 Å². The van der Waals surface area contributed by atoms with Crippen LogP contribution in [0.4, 0.5) is 10.1 Å². The van der Waals surface area contributed by atoms with Crippen LogP contribution in [0.5, 0.6) is 11.5 Å². The molecular weight excluding hydrogens is 381 g/mol. The molecule has 2 aromatic rings. The predicted molar refractivity (Wildman–Crippen MR) is 118 cm³/mol. The molecule has 2 saturated heterocycles. The van der Waals surface area contributed by atoms with Crippen molar-refractivity contribution in [1.82, 2.24) is 9.80 Å². The molecule has 2 heterocycles. The number of rotatable bonds is 6. The standard InChI is InChI=1S/C24H32FN3O2/c1-29-21-9-10-24(30-2)19(16-21)17-26-11-5-6-20(18-26)27-12-14-28(15-13-27)23-8-4-3-7-22(23)25/h3-4,7-10,16,20H,5-6,11-15,17-18H2,1-2H3/t20-/m0/s1. The SMILES string of the molecule is COc1ccc(OC)c(CN2CCC[C@H](N3CCN(c4ccccc4F)CC3)C2)c1. The third-order valence-corrected chi connectivity index (χ3v) is 6.39. The summed E-state index contributed by atoms with van der Waals surface area (Å²) in [7, 11) is 3.42. The zero-order valence-electron chi connectivity index (χ0n) is 18.0. The molecule has 30 heavy (non-hydrogen) atoms. The molecule has 2 aromatic carbocycles. The van der Waals surface area contributed by atoms with Gasteiger partial charge in [-0.1, -0.05) is 12.1 Å². The fraction of sp³-hybridized carbons (Fsp3) is 0.500. The molecule has 0 bridgehead atoms. The van der Waals surface area contributed by atoms with Crippen molar-refractivity contribution in [2.24, 2.45) is 0 Å². The van der Waals surface area contributed by atoms with Crippen LogP contribution in [0, 0.1) is 5.82 Å². The quantitative estimate of drug-likeness (QED) is 0.721. The summed E-state index contributed by atoms with van der Waals surface area (Å²) in [5.41, 5.74) is 1.90. The first-order valence-corrected chi connectivity index (χ1v) is 10.8. The maximum absolute atomic E-state index is 14.1. The van der Waals surface area contributed by atoms with Crippen molar-refractivity contribution < 1.29 is 13.9 Å². The molecule has 4 rings (SSSR count). The molecule has 0 amide bonds. The van der Waals surface area contributed by atoms with Gasteiger partial charge in [-0.3, -0.25) is 9.80 Å². The highest BCUT2D eigenvalue weighted by Gasteiger charge is 2.29. The molecule has 0 N–H and O–H groups in total. The predicted octanol–water partition coefficient (Wildman–Crippen LogP) is 3.63. The van der Waals surface area contributed by atoms with Crippen molar-refractivity contribution in [2.75, 3.05) is 58.4 Å². The minimum absolute atomic E-state index is 0.123. The number of nitrogens with zero attached hydrogens (tertiary/aromatic N) is 3. The van der Waals surface area contributed by atoms with E-state index in [1.54, 1.807) is 26.4 Å². The molecule has 0 unspecified atom stereocenters. The number of anilines is 1. The van der Waals surface area contributed by atoms with Crippen LogP contribution in [0.25, 0.3) is 0 Å². The lowest BCUT2D eigenvalue weighted by molar-refractivity contribution is 0.0882. The normalized spacial score (nSPS) is 20.9. The largest absolute Gasteiger partial charge is 0.497 e. The van der Waals surface area contributed by atoms with Crippen LogP contribution < -0.4 is 14.4 Å². The first-order valence-electron chi connectivity index (χ1n) is 10.8. The van der Waals surface area contributed by atoms with Gasteiger partial charge in [0.05, 0.1) is 19.9 Å². The van der Waals surface area contributed by atoms with Crippen molar-refractivity contribution in [3.8, 4) is 11.5 Å². The molecule has 0 aromatic heterocycles. The molecule has 2 fully saturated rings. The van der Waals surface area contributed by atoms with Crippen LogP contribution in [0.1, 0.15) is 18.4 Å². The van der Waals surface area contributed by atoms with Crippen molar-refractivity contribution in [1.29, 1.82) is 0 Å². The third kappa shape index (κ3) is 4.71. The van der Waals surface area contributed by atoms with Crippen LogP contribution >= 0.6 is 0 Å². The van der Waals surface area contributed by atoms with Crippen molar-refractivity contribution >= 4 is 5.69 Å². The fourth-order valence-corrected chi connectivity index (χ4v) is 4.76. The second-order valence-electron chi connectivity index (χ2n) is 8.18. The number of ether oxygens (including phenoxy) is 2. The van der Waals surface area contributed by atoms with Gasteiger partial charge in [-0.15, -0.1) is 0 Å². The third-order valence-electron chi connectivity index (χ3n) is 6.39. The van der Waals surface area contributed by atoms with E-state index in [1.807, 2.05) is 24.3 Å². The average Bonchev–Trinajstić information content (AvgIpc) is 2.80. The van der Waals surface area contributed by atoms with E-state index in [0.717, 1.165) is 63.0 Å². The van der Waals surface area contributed by atoms with Crippen molar-refractivity contribution in [2.45, 2.75) is 25.4 Å². The first-order chi connectivity index (χ1) is 14.7. The number of hydrogen-bond donors (Lipinski definition) is 0. The molecule has 6 heteroatoms. The van der Waals surface area contributed by atoms with Gasteiger partial charge in [-0.25, -0.2) is 4.39 Å². The fourth-order valence-electron chi connectivity index (χ4n) is 4.76. The number of para-hydroxylation sites is 1. The highest BCUT2D eigenvalue weighted by atomic mass is 19.1. The highest BCUT2D eigenvalue weighted by Crippen LogP contribution is 2.28. The van der Waals surface area contributed by atoms with Gasteiger partial charge in [0.25, 0.3) is 0 Å². The Morgan fingerprint density at radius 3 is 2.50 bits per heavy atom. The zero-order valence-corrected chi connectivity index (χ0v) is 18.0. The molecule has 0 saturated carbocycles. The molecule has 1 atom stereocenters. The highest BCUT2D eigenvalue weighted by molar-refractivity contribution is 5.48. The van der Waals surface area contributed by atoms with E-state index in [0.29, 0.717) is 6.04 Å². The lowest BCUT2D eigenvalue weighted by Gasteiger charge is -2.44. The van der Waals surface area contributed by atoms with Gasteiger partial charge in [0.1, 0.15) is 17.3 Å². The summed E-state index contributed by atoms with van der Waals surface area (Å²) >= 11 is 0. The number of piperazine rings is 1. The molecule has 0 radical (unpaired) electrons. The Bertz CT molecular complexity index is 839. The molecule has 5 nitrogen and oxygen atoms in total. The van der Waals surface area contributed by atoms with Crippen LogP contribution in [0.2, 0.25) is 0 Å². The van der Waals surface area contributed by atoms with Gasteiger partial charge in [-0.05, 0) is 49.7 Å². The second-order valence-corrected chi connectivity index (χ2v) is 8.18. The average molecular weight is 414 g/mol. The van der Waals surface area contributed by atoms with Gasteiger partial charge >= 0.3 is 0 Å². The van der Waals surface area contributed by atoms with Crippen LogP contribution in [0.3, 0.4) is 0 Å². The van der Waals surface area contributed by atoms with E-state index in [2.05, 4.69) is 20.8 Å². The lowest BCUT2D eigenvalue weighted by Crippen LogP contribution is -2.55. The van der Waals surface area contributed by atoms with E-state index < -0.39 is 0 Å². The Hall–Kier alpha value is -2.31. The summed E-state index contributed by atoms with van der Waals surface area (Å²) in [5, 5.41) is 0. The van der Waals surface area contributed by atoms with Crippen molar-refractivity contribution in [3.63, 3.8) is 0 Å². The Labute approximate surface area is 179 Å². The minimum Gasteiger partial charge on any atom is -0.497 e. The molecular formula is C24H32FN3O2.